The molecule has 0 amide bonds. The molecule has 0 aliphatic carbocycles. The van der Waals surface area contributed by atoms with Crippen molar-refractivity contribution in [2.45, 2.75) is 147 Å². The summed E-state index contributed by atoms with van der Waals surface area (Å²) >= 11 is 0. The molecule has 3 saturated heterocycles. The molecule has 5 unspecified atom stereocenters. The number of carboxylic acid groups (broad SMARTS) is 1. The van der Waals surface area contributed by atoms with Gasteiger partial charge in [0.2, 0.25) is 0 Å². The Bertz CT molecular complexity index is 901. The first-order valence-corrected chi connectivity index (χ1v) is 16.6. The van der Waals surface area contributed by atoms with Crippen molar-refractivity contribution in [2.75, 3.05) is 19.8 Å². The maximum atomic E-state index is 11.4. The van der Waals surface area contributed by atoms with Gasteiger partial charge >= 0.3 is 29.6 Å². The van der Waals surface area contributed by atoms with Gasteiger partial charge < -0.3 is 80.3 Å². The summed E-state index contributed by atoms with van der Waals surface area (Å²) in [6.45, 7) is 13.0. The Labute approximate surface area is 310 Å². The van der Waals surface area contributed by atoms with Crippen molar-refractivity contribution >= 4 is 5.97 Å². The van der Waals surface area contributed by atoms with Crippen LogP contribution in [0.3, 0.4) is 0 Å². The van der Waals surface area contributed by atoms with Crippen LogP contribution in [-0.4, -0.2) is 167 Å². The zero-order valence-electron chi connectivity index (χ0n) is 30.2. The van der Waals surface area contributed by atoms with Crippen LogP contribution in [0, 0.1) is 29.6 Å². The van der Waals surface area contributed by atoms with Gasteiger partial charge in [-0.15, -0.1) is 0 Å². The number of rotatable bonds is 9. The first-order chi connectivity index (χ1) is 22.1. The maximum absolute atomic E-state index is 11.4. The van der Waals surface area contributed by atoms with Crippen molar-refractivity contribution in [2.24, 2.45) is 29.6 Å². The molecule has 0 bridgehead atoms. The van der Waals surface area contributed by atoms with Gasteiger partial charge in [0.25, 0.3) is 0 Å². The van der Waals surface area contributed by atoms with E-state index in [4.69, 9.17) is 29.5 Å². The average Bonchev–Trinajstić information content (AvgIpc) is 3.03. The predicted molar refractivity (Wildman–Crippen MR) is 167 cm³/mol. The number of hydrogen-bond acceptors (Lipinski definition) is 16. The van der Waals surface area contributed by atoms with E-state index in [0.717, 1.165) is 0 Å². The number of aliphatic hydroxyl groups excluding tert-OH is 11. The van der Waals surface area contributed by atoms with Gasteiger partial charge in [0, 0.05) is 18.3 Å². The largest absolute Gasteiger partial charge is 1.00 e. The number of aliphatic carboxylic acids is 1. The van der Waals surface area contributed by atoms with Crippen LogP contribution in [0.4, 0.5) is 0 Å². The molecule has 16 nitrogen and oxygen atoms in total. The maximum Gasteiger partial charge on any atom is 1.00 e. The number of carbonyl (C=O) groups is 1. The molecule has 0 saturated carbocycles. The molecule has 286 valence electrons. The van der Waals surface area contributed by atoms with Crippen LogP contribution in [-0.2, 0) is 19.0 Å². The third kappa shape index (κ3) is 12.0. The molecule has 11 N–H and O–H groups in total. The topological polar surface area (TPSA) is 290 Å². The van der Waals surface area contributed by atoms with Gasteiger partial charge in [-0.1, -0.05) is 55.4 Å². The first-order valence-electron chi connectivity index (χ1n) is 16.6. The molecule has 0 aromatic carbocycles. The van der Waals surface area contributed by atoms with E-state index in [9.17, 15) is 50.8 Å². The second kappa shape index (κ2) is 21.6. The Balaban J connectivity index is 0.000000715. The van der Waals surface area contributed by atoms with Gasteiger partial charge in [-0.25, -0.2) is 0 Å². The van der Waals surface area contributed by atoms with E-state index in [1.165, 1.54) is 0 Å². The zero-order valence-corrected chi connectivity index (χ0v) is 32.2. The van der Waals surface area contributed by atoms with E-state index >= 15 is 0 Å². The molecule has 3 aliphatic heterocycles. The fourth-order valence-corrected chi connectivity index (χ4v) is 6.29. The number of carboxylic acids is 1. The number of carbonyl (C=O) groups excluding carboxylic acids is 1. The number of ether oxygens (including phenoxy) is 3. The fraction of sp³-hybridized carbons (Fsp3) is 0.969. The van der Waals surface area contributed by atoms with Crippen LogP contribution in [0.5, 0.6) is 0 Å². The van der Waals surface area contributed by atoms with E-state index in [1.54, 1.807) is 20.8 Å². The van der Waals surface area contributed by atoms with Crippen molar-refractivity contribution in [3.8, 4) is 0 Å². The van der Waals surface area contributed by atoms with E-state index in [-0.39, 0.29) is 73.0 Å². The Morgan fingerprint density at radius 3 is 1.55 bits per heavy atom. The van der Waals surface area contributed by atoms with Crippen molar-refractivity contribution < 1.29 is 110 Å². The minimum Gasteiger partial charge on any atom is -0.547 e. The zero-order chi connectivity index (χ0) is 37.4. The Hall–Kier alpha value is -0.0900. The molecule has 49 heavy (non-hydrogen) atoms. The second-order valence-corrected chi connectivity index (χ2v) is 14.2. The van der Waals surface area contributed by atoms with Crippen LogP contribution in [0.25, 0.3) is 0 Å². The summed E-state index contributed by atoms with van der Waals surface area (Å²) in [5.41, 5.74) is -1.73. The van der Waals surface area contributed by atoms with E-state index in [0.29, 0.717) is 0 Å². The Kier molecular flexibility index (Phi) is 21.5. The van der Waals surface area contributed by atoms with E-state index in [1.807, 2.05) is 34.6 Å². The summed E-state index contributed by atoms with van der Waals surface area (Å²) in [5.74, 6) is -2.36. The third-order valence-corrected chi connectivity index (χ3v) is 9.72. The van der Waals surface area contributed by atoms with E-state index in [2.05, 4.69) is 0 Å². The molecule has 16 atom stereocenters. The van der Waals surface area contributed by atoms with Crippen molar-refractivity contribution in [3.63, 3.8) is 0 Å². The van der Waals surface area contributed by atoms with Crippen LogP contribution in [0.15, 0.2) is 0 Å². The van der Waals surface area contributed by atoms with Crippen LogP contribution in [0.2, 0.25) is 0 Å². The van der Waals surface area contributed by atoms with Crippen LogP contribution < -0.4 is 34.7 Å². The molecule has 0 aromatic rings. The molecule has 3 heterocycles. The third-order valence-electron chi connectivity index (χ3n) is 9.72. The normalized spacial score (nSPS) is 40.7. The fourth-order valence-electron chi connectivity index (χ4n) is 6.29. The SMILES string of the molecule is CC(C)[C@H]1OC(CO)[C@H](O)[C@H](O)C1C.CC(C)[C@H]1OC(CO)[C@H](O)[C@H](O)C1O.CC(C)[C@]1(C(=O)[O-])C[C@@H](O)[C@@H](C)C([C@H](O)[C@H](O)CO)O1.[Na+]. The molecule has 0 radical (unpaired) electrons. The average molecular weight is 725 g/mol. The summed E-state index contributed by atoms with van der Waals surface area (Å²) in [5, 5.41) is 115. The molecule has 0 spiro atoms. The van der Waals surface area contributed by atoms with Crippen LogP contribution >= 0.6 is 0 Å². The minimum atomic E-state index is -1.73. The standard InChI is InChI=1S/C13H24O7.C10H20O4.C9H18O5.Na/c1-6(2)13(12(18)19)4-8(15)7(3)11(20-13)10(17)9(16)5-14;1-5(2)10-6(3)8(12)9(13)7(4-11)14-10;1-4(2)9-8(13)7(12)6(11)5(3-10)14-9;/h6-11,14-17H,4-5H2,1-3H3,(H,18,19);5-13H,4H2,1-3H3;4-13H,3H2,1-2H3;/q;;;+1/p-1/t7-,8-,9-,10-,11?,13+;6?,7?,8-,9+,10-;5?,6-,7-,8?,9+;/m110./s1. The van der Waals surface area contributed by atoms with Gasteiger partial charge in [0.15, 0.2) is 0 Å². The summed E-state index contributed by atoms with van der Waals surface area (Å²) in [6.07, 6.45) is -12.8. The van der Waals surface area contributed by atoms with Gasteiger partial charge in [-0.2, -0.15) is 0 Å². The van der Waals surface area contributed by atoms with Gasteiger partial charge in [-0.3, -0.25) is 0 Å². The second-order valence-electron chi connectivity index (χ2n) is 14.2. The Morgan fingerprint density at radius 2 is 1.16 bits per heavy atom. The van der Waals surface area contributed by atoms with Gasteiger partial charge in [0.1, 0.15) is 54.4 Å². The van der Waals surface area contributed by atoms with E-state index < -0.39 is 103 Å². The first kappa shape index (κ1) is 48.9. The van der Waals surface area contributed by atoms with Crippen LogP contribution in [0.1, 0.15) is 61.8 Å². The minimum absolute atomic E-state index is 0. The monoisotopic (exact) mass is 724 g/mol. The van der Waals surface area contributed by atoms with Crippen molar-refractivity contribution in [3.05, 3.63) is 0 Å². The van der Waals surface area contributed by atoms with Crippen molar-refractivity contribution in [1.82, 2.24) is 0 Å². The van der Waals surface area contributed by atoms with Crippen molar-refractivity contribution in [1.29, 1.82) is 0 Å². The molecular formula is C32H61NaO16. The summed E-state index contributed by atoms with van der Waals surface area (Å²) < 4.78 is 16.3. The number of hydrogen-bond donors (Lipinski definition) is 11. The summed E-state index contributed by atoms with van der Waals surface area (Å²) in [7, 11) is 0. The molecule has 3 fully saturated rings. The predicted octanol–water partition coefficient (Wildman–Crippen LogP) is -7.12. The summed E-state index contributed by atoms with van der Waals surface area (Å²) in [6, 6.07) is 0. The quantitative estimate of drug-likeness (QED) is 0.0985. The summed E-state index contributed by atoms with van der Waals surface area (Å²) in [4.78, 5) is 11.4. The molecule has 3 rings (SSSR count). The Morgan fingerprint density at radius 1 is 0.714 bits per heavy atom. The smallest absolute Gasteiger partial charge is 0.547 e. The van der Waals surface area contributed by atoms with Gasteiger partial charge in [-0.05, 0) is 17.8 Å². The molecule has 17 heteroatoms. The van der Waals surface area contributed by atoms with Gasteiger partial charge in [0.05, 0.1) is 56.3 Å². The molecule has 0 aromatic heterocycles. The molecule has 3 aliphatic rings. The number of aliphatic hydroxyl groups is 11. The molecular weight excluding hydrogens is 663 g/mol.